The Kier molecular flexibility index (Phi) is 4.53. The lowest BCUT2D eigenvalue weighted by atomic mass is 9.96. The zero-order valence-electron chi connectivity index (χ0n) is 10.7. The van der Waals surface area contributed by atoms with E-state index in [1.807, 2.05) is 12.1 Å². The number of methoxy groups -OCH3 is 1. The molecule has 18 heavy (non-hydrogen) atoms. The molecule has 2 rings (SSSR count). The second-order valence-corrected chi connectivity index (χ2v) is 4.53. The molecule has 0 radical (unpaired) electrons. The van der Waals surface area contributed by atoms with Gasteiger partial charge in [0.1, 0.15) is 0 Å². The molecule has 0 saturated carbocycles. The van der Waals surface area contributed by atoms with Crippen molar-refractivity contribution >= 4 is 12.0 Å². The highest BCUT2D eigenvalue weighted by Gasteiger charge is 2.14. The molecule has 1 heterocycles. The van der Waals surface area contributed by atoms with E-state index in [1.54, 1.807) is 6.08 Å². The zero-order chi connectivity index (χ0) is 12.8. The van der Waals surface area contributed by atoms with Crippen LogP contribution in [-0.2, 0) is 9.53 Å². The summed E-state index contributed by atoms with van der Waals surface area (Å²) in [6.07, 6.45) is 6.97. The number of benzene rings is 1. The van der Waals surface area contributed by atoms with Gasteiger partial charge < -0.3 is 10.1 Å². The third-order valence-electron chi connectivity index (χ3n) is 3.24. The first kappa shape index (κ1) is 12.8. The quantitative estimate of drug-likeness (QED) is 0.657. The van der Waals surface area contributed by atoms with Crippen LogP contribution in [0.15, 0.2) is 30.3 Å². The van der Waals surface area contributed by atoms with Crippen LogP contribution in [0, 0.1) is 0 Å². The van der Waals surface area contributed by atoms with Crippen LogP contribution in [-0.4, -0.2) is 19.6 Å². The number of nitrogens with one attached hydrogen (secondary N) is 1. The Balaban J connectivity index is 2.09. The summed E-state index contributed by atoms with van der Waals surface area (Å²) >= 11 is 0. The van der Waals surface area contributed by atoms with Crippen molar-refractivity contribution in [2.45, 2.75) is 25.3 Å². The van der Waals surface area contributed by atoms with Crippen molar-refractivity contribution in [2.75, 3.05) is 13.7 Å². The molecule has 0 aromatic heterocycles. The molecule has 1 aromatic rings. The van der Waals surface area contributed by atoms with Crippen LogP contribution in [0.25, 0.3) is 6.08 Å². The highest BCUT2D eigenvalue weighted by molar-refractivity contribution is 5.86. The largest absolute Gasteiger partial charge is 0.466 e. The van der Waals surface area contributed by atoms with Gasteiger partial charge in [-0.05, 0) is 36.6 Å². The Hall–Kier alpha value is -1.61. The summed E-state index contributed by atoms with van der Waals surface area (Å²) in [7, 11) is 1.38. The van der Waals surface area contributed by atoms with Crippen molar-refractivity contribution in [2.24, 2.45) is 0 Å². The van der Waals surface area contributed by atoms with Gasteiger partial charge in [-0.25, -0.2) is 4.79 Å². The van der Waals surface area contributed by atoms with E-state index < -0.39 is 0 Å². The summed E-state index contributed by atoms with van der Waals surface area (Å²) in [5.41, 5.74) is 2.33. The van der Waals surface area contributed by atoms with Gasteiger partial charge in [-0.1, -0.05) is 30.7 Å². The summed E-state index contributed by atoms with van der Waals surface area (Å²) in [6.45, 7) is 1.09. The van der Waals surface area contributed by atoms with Crippen LogP contribution in [0.4, 0.5) is 0 Å². The fourth-order valence-corrected chi connectivity index (χ4v) is 2.25. The summed E-state index contributed by atoms with van der Waals surface area (Å²) in [5, 5.41) is 3.52. The van der Waals surface area contributed by atoms with Crippen molar-refractivity contribution in [3.8, 4) is 0 Å². The normalized spacial score (nSPS) is 19.9. The maximum Gasteiger partial charge on any atom is 0.330 e. The fourth-order valence-electron chi connectivity index (χ4n) is 2.25. The van der Waals surface area contributed by atoms with Crippen molar-refractivity contribution in [3.63, 3.8) is 0 Å². The highest BCUT2D eigenvalue weighted by Crippen LogP contribution is 2.23. The van der Waals surface area contributed by atoms with Crippen molar-refractivity contribution in [3.05, 3.63) is 41.5 Å². The van der Waals surface area contributed by atoms with Gasteiger partial charge in [0.2, 0.25) is 0 Å². The monoisotopic (exact) mass is 245 g/mol. The molecule has 1 saturated heterocycles. The van der Waals surface area contributed by atoms with Crippen LogP contribution >= 0.6 is 0 Å². The molecular weight excluding hydrogens is 226 g/mol. The minimum atomic E-state index is -0.323. The summed E-state index contributed by atoms with van der Waals surface area (Å²) in [6, 6.07) is 8.74. The maximum absolute atomic E-state index is 11.1. The molecule has 0 bridgehead atoms. The first-order valence-electron chi connectivity index (χ1n) is 6.39. The molecule has 0 spiro atoms. The van der Waals surface area contributed by atoms with E-state index in [1.165, 1.54) is 38.0 Å². The van der Waals surface area contributed by atoms with E-state index in [2.05, 4.69) is 22.2 Å². The molecule has 1 N–H and O–H groups in total. The van der Waals surface area contributed by atoms with Crippen LogP contribution in [0.3, 0.4) is 0 Å². The Morgan fingerprint density at radius 1 is 1.44 bits per heavy atom. The molecule has 1 aromatic carbocycles. The van der Waals surface area contributed by atoms with Gasteiger partial charge in [0.15, 0.2) is 0 Å². The van der Waals surface area contributed by atoms with Gasteiger partial charge in [0, 0.05) is 12.1 Å². The number of hydrogen-bond donors (Lipinski definition) is 1. The van der Waals surface area contributed by atoms with Crippen molar-refractivity contribution < 1.29 is 9.53 Å². The SMILES string of the molecule is COC(=O)/C=C/c1cccc(C2CCCCN2)c1. The first-order chi connectivity index (χ1) is 8.79. The number of carbonyl (C=O) groups is 1. The lowest BCUT2D eigenvalue weighted by Crippen LogP contribution is -2.26. The molecule has 1 unspecified atom stereocenters. The number of piperidine rings is 1. The summed E-state index contributed by atoms with van der Waals surface area (Å²) < 4.78 is 4.58. The lowest BCUT2D eigenvalue weighted by Gasteiger charge is -2.24. The zero-order valence-corrected chi connectivity index (χ0v) is 10.7. The number of esters is 1. The number of ether oxygens (including phenoxy) is 1. The molecule has 96 valence electrons. The standard InChI is InChI=1S/C15H19NO2/c1-18-15(17)9-8-12-5-4-6-13(11-12)14-7-2-3-10-16-14/h4-6,8-9,11,14,16H,2-3,7,10H2,1H3/b9-8+. The Labute approximate surface area is 108 Å². The van der Waals surface area contributed by atoms with Gasteiger partial charge in [0.25, 0.3) is 0 Å². The second kappa shape index (κ2) is 6.36. The van der Waals surface area contributed by atoms with Crippen LogP contribution in [0.2, 0.25) is 0 Å². The molecule has 0 amide bonds. The molecular formula is C15H19NO2. The molecule has 0 aliphatic carbocycles. The molecule has 3 nitrogen and oxygen atoms in total. The van der Waals surface area contributed by atoms with E-state index in [0.717, 1.165) is 12.1 Å². The minimum absolute atomic E-state index is 0.323. The van der Waals surface area contributed by atoms with E-state index in [9.17, 15) is 4.79 Å². The maximum atomic E-state index is 11.1. The number of rotatable bonds is 3. The van der Waals surface area contributed by atoms with Crippen LogP contribution in [0.5, 0.6) is 0 Å². The smallest absolute Gasteiger partial charge is 0.330 e. The summed E-state index contributed by atoms with van der Waals surface area (Å²) in [4.78, 5) is 11.1. The van der Waals surface area contributed by atoms with E-state index in [0.29, 0.717) is 6.04 Å². The Morgan fingerprint density at radius 2 is 2.33 bits per heavy atom. The number of carbonyl (C=O) groups excluding carboxylic acids is 1. The predicted molar refractivity (Wildman–Crippen MR) is 72.1 cm³/mol. The highest BCUT2D eigenvalue weighted by atomic mass is 16.5. The van der Waals surface area contributed by atoms with E-state index in [4.69, 9.17) is 0 Å². The van der Waals surface area contributed by atoms with E-state index >= 15 is 0 Å². The van der Waals surface area contributed by atoms with Gasteiger partial charge in [-0.2, -0.15) is 0 Å². The second-order valence-electron chi connectivity index (χ2n) is 4.53. The average molecular weight is 245 g/mol. The first-order valence-corrected chi connectivity index (χ1v) is 6.39. The van der Waals surface area contributed by atoms with Crippen molar-refractivity contribution in [1.82, 2.24) is 5.32 Å². The van der Waals surface area contributed by atoms with Crippen LogP contribution < -0.4 is 5.32 Å². The predicted octanol–water partition coefficient (Wildman–Crippen LogP) is 2.69. The molecule has 3 heteroatoms. The van der Waals surface area contributed by atoms with Crippen molar-refractivity contribution in [1.29, 1.82) is 0 Å². The number of hydrogen-bond acceptors (Lipinski definition) is 3. The van der Waals surface area contributed by atoms with Gasteiger partial charge in [-0.15, -0.1) is 0 Å². The van der Waals surface area contributed by atoms with E-state index in [-0.39, 0.29) is 5.97 Å². The van der Waals surface area contributed by atoms with Gasteiger partial charge >= 0.3 is 5.97 Å². The fraction of sp³-hybridized carbons (Fsp3) is 0.400. The molecule has 1 aliphatic heterocycles. The minimum Gasteiger partial charge on any atom is -0.466 e. The third kappa shape index (κ3) is 3.44. The Bertz CT molecular complexity index is 434. The summed E-state index contributed by atoms with van der Waals surface area (Å²) in [5.74, 6) is -0.323. The third-order valence-corrected chi connectivity index (χ3v) is 3.24. The van der Waals surface area contributed by atoms with Gasteiger partial charge in [-0.3, -0.25) is 0 Å². The molecule has 1 atom stereocenters. The molecule has 1 fully saturated rings. The average Bonchev–Trinajstić information content (AvgIpc) is 2.46. The van der Waals surface area contributed by atoms with Gasteiger partial charge in [0.05, 0.1) is 7.11 Å². The lowest BCUT2D eigenvalue weighted by molar-refractivity contribution is -0.134. The molecule has 1 aliphatic rings. The Morgan fingerprint density at radius 3 is 3.06 bits per heavy atom. The van der Waals surface area contributed by atoms with Crippen LogP contribution in [0.1, 0.15) is 36.4 Å². The topological polar surface area (TPSA) is 38.3 Å².